The number of carboxylic acid groups (broad SMARTS) is 1. The first kappa shape index (κ1) is 17.9. The van der Waals surface area contributed by atoms with Gasteiger partial charge in [0, 0.05) is 43.0 Å². The topological polar surface area (TPSA) is 75.8 Å². The van der Waals surface area contributed by atoms with E-state index in [4.69, 9.17) is 38.8 Å². The van der Waals surface area contributed by atoms with Gasteiger partial charge in [0.05, 0.1) is 7.11 Å². The van der Waals surface area contributed by atoms with Gasteiger partial charge in [-0.3, -0.25) is 4.79 Å². The molecule has 5 nitrogen and oxygen atoms in total. The van der Waals surface area contributed by atoms with Crippen LogP contribution < -0.4 is 15.4 Å². The van der Waals surface area contributed by atoms with E-state index in [2.05, 4.69) is 0 Å². The maximum atomic E-state index is 10.8. The van der Waals surface area contributed by atoms with Gasteiger partial charge >= 0.3 is 5.97 Å². The number of methoxy groups -OCH3 is 1. The summed E-state index contributed by atoms with van der Waals surface area (Å²) in [6, 6.07) is 4.62. The summed E-state index contributed by atoms with van der Waals surface area (Å²) in [6.07, 6.45) is 0.212. The second-order valence-corrected chi connectivity index (χ2v) is 5.27. The van der Waals surface area contributed by atoms with Crippen molar-refractivity contribution in [3.05, 3.63) is 23.8 Å². The standard InChI is InChI=1S/C14H20Cl2N2O3/c1-21-13-9-11(18(6-4-15)7-5-16)3-2-10(13)8-12(17)14(19)20/h2-3,9,12H,4-8,17H2,1H3,(H,19,20)/t12-/m0/s1. The summed E-state index contributed by atoms with van der Waals surface area (Å²) < 4.78 is 5.33. The zero-order valence-electron chi connectivity index (χ0n) is 11.9. The molecule has 0 saturated heterocycles. The summed E-state index contributed by atoms with van der Waals surface area (Å²) in [7, 11) is 1.54. The average Bonchev–Trinajstić information content (AvgIpc) is 2.47. The molecule has 1 atom stereocenters. The Bertz CT molecular complexity index is 466. The Kier molecular flexibility index (Phi) is 7.64. The van der Waals surface area contributed by atoms with Gasteiger partial charge in [0.25, 0.3) is 0 Å². The molecule has 0 radical (unpaired) electrons. The number of halogens is 2. The van der Waals surface area contributed by atoms with Gasteiger partial charge in [-0.05, 0) is 11.6 Å². The van der Waals surface area contributed by atoms with Gasteiger partial charge in [0.2, 0.25) is 0 Å². The Hall–Kier alpha value is -1.17. The van der Waals surface area contributed by atoms with Crippen molar-refractivity contribution >= 4 is 34.9 Å². The summed E-state index contributed by atoms with van der Waals surface area (Å²) in [5.74, 6) is 0.556. The molecule has 0 aliphatic carbocycles. The maximum Gasteiger partial charge on any atom is 0.320 e. The zero-order chi connectivity index (χ0) is 15.8. The number of carbonyl (C=O) groups is 1. The predicted molar refractivity (Wildman–Crippen MR) is 86.0 cm³/mol. The number of anilines is 1. The van der Waals surface area contributed by atoms with Crippen molar-refractivity contribution in [3.8, 4) is 5.75 Å². The highest BCUT2D eigenvalue weighted by Gasteiger charge is 2.16. The molecule has 21 heavy (non-hydrogen) atoms. The van der Waals surface area contributed by atoms with Crippen LogP contribution >= 0.6 is 23.2 Å². The van der Waals surface area contributed by atoms with Crippen LogP contribution in [0.15, 0.2) is 18.2 Å². The fourth-order valence-electron chi connectivity index (χ4n) is 2.00. The summed E-state index contributed by atoms with van der Waals surface area (Å²) in [6.45, 7) is 1.34. The molecule has 0 unspecified atom stereocenters. The first-order valence-corrected chi connectivity index (χ1v) is 7.62. The molecule has 1 aromatic carbocycles. The van der Waals surface area contributed by atoms with Gasteiger partial charge in [0.15, 0.2) is 0 Å². The number of nitrogens with zero attached hydrogens (tertiary/aromatic N) is 1. The van der Waals surface area contributed by atoms with E-state index in [9.17, 15) is 4.79 Å². The highest BCUT2D eigenvalue weighted by molar-refractivity contribution is 6.18. The third kappa shape index (κ3) is 5.26. The minimum Gasteiger partial charge on any atom is -0.496 e. The first-order valence-electron chi connectivity index (χ1n) is 6.55. The van der Waals surface area contributed by atoms with Crippen molar-refractivity contribution in [2.24, 2.45) is 5.73 Å². The number of nitrogens with two attached hydrogens (primary N) is 1. The molecular weight excluding hydrogens is 315 g/mol. The SMILES string of the molecule is COc1cc(N(CCCl)CCCl)ccc1C[C@H](N)C(=O)O. The Labute approximate surface area is 134 Å². The summed E-state index contributed by atoms with van der Waals surface area (Å²) in [5, 5.41) is 8.89. The molecule has 3 N–H and O–H groups in total. The number of hydrogen-bond donors (Lipinski definition) is 2. The Balaban J connectivity index is 2.98. The van der Waals surface area contributed by atoms with E-state index in [0.29, 0.717) is 30.6 Å². The van der Waals surface area contributed by atoms with Gasteiger partial charge in [0.1, 0.15) is 11.8 Å². The number of carboxylic acids is 1. The Morgan fingerprint density at radius 3 is 2.48 bits per heavy atom. The molecular formula is C14H20Cl2N2O3. The molecule has 0 heterocycles. The van der Waals surface area contributed by atoms with Crippen molar-refractivity contribution in [1.29, 1.82) is 0 Å². The molecule has 0 bridgehead atoms. The Morgan fingerprint density at radius 1 is 1.38 bits per heavy atom. The van der Waals surface area contributed by atoms with Crippen LogP contribution in [0.5, 0.6) is 5.75 Å². The van der Waals surface area contributed by atoms with Crippen molar-refractivity contribution in [2.75, 3.05) is 36.9 Å². The summed E-state index contributed by atoms with van der Waals surface area (Å²) >= 11 is 11.6. The molecule has 0 aromatic heterocycles. The lowest BCUT2D eigenvalue weighted by Gasteiger charge is -2.24. The molecule has 1 aromatic rings. The van der Waals surface area contributed by atoms with Gasteiger partial charge in [-0.25, -0.2) is 0 Å². The van der Waals surface area contributed by atoms with Gasteiger partial charge in [-0.2, -0.15) is 0 Å². The fraction of sp³-hybridized carbons (Fsp3) is 0.500. The number of rotatable bonds is 9. The highest BCUT2D eigenvalue weighted by atomic mass is 35.5. The van der Waals surface area contributed by atoms with Crippen LogP contribution in [0.2, 0.25) is 0 Å². The van der Waals surface area contributed by atoms with Crippen LogP contribution in [-0.4, -0.2) is 49.1 Å². The van der Waals surface area contributed by atoms with E-state index >= 15 is 0 Å². The van der Waals surface area contributed by atoms with Crippen LogP contribution in [0.25, 0.3) is 0 Å². The molecule has 0 fully saturated rings. The quantitative estimate of drug-likeness (QED) is 0.675. The zero-order valence-corrected chi connectivity index (χ0v) is 13.4. The molecule has 0 aliphatic heterocycles. The smallest absolute Gasteiger partial charge is 0.320 e. The molecule has 118 valence electrons. The van der Waals surface area contributed by atoms with Gasteiger partial charge in [-0.1, -0.05) is 6.07 Å². The van der Waals surface area contributed by atoms with Crippen molar-refractivity contribution in [3.63, 3.8) is 0 Å². The van der Waals surface area contributed by atoms with Crippen molar-refractivity contribution in [1.82, 2.24) is 0 Å². The lowest BCUT2D eigenvalue weighted by Crippen LogP contribution is -2.32. The van der Waals surface area contributed by atoms with Crippen LogP contribution in [0.3, 0.4) is 0 Å². The van der Waals surface area contributed by atoms with Crippen LogP contribution in [0.4, 0.5) is 5.69 Å². The Morgan fingerprint density at radius 2 is 2.00 bits per heavy atom. The van der Waals surface area contributed by atoms with Crippen LogP contribution in [0.1, 0.15) is 5.56 Å². The molecule has 1 rings (SSSR count). The minimum absolute atomic E-state index is 0.212. The predicted octanol–water partition coefficient (Wildman–Crippen LogP) is 1.93. The normalized spacial score (nSPS) is 12.0. The fourth-order valence-corrected chi connectivity index (χ4v) is 2.40. The van der Waals surface area contributed by atoms with E-state index < -0.39 is 12.0 Å². The second kappa shape index (κ2) is 8.97. The van der Waals surface area contributed by atoms with Crippen LogP contribution in [-0.2, 0) is 11.2 Å². The van der Waals surface area contributed by atoms with E-state index in [1.807, 2.05) is 23.1 Å². The third-order valence-electron chi connectivity index (χ3n) is 3.10. The summed E-state index contributed by atoms with van der Waals surface area (Å²) in [4.78, 5) is 12.9. The number of benzene rings is 1. The van der Waals surface area contributed by atoms with Gasteiger partial charge < -0.3 is 20.5 Å². The number of aliphatic carboxylic acids is 1. The highest BCUT2D eigenvalue weighted by Crippen LogP contribution is 2.26. The molecule has 0 saturated carbocycles. The minimum atomic E-state index is -1.04. The van der Waals surface area contributed by atoms with E-state index in [0.717, 1.165) is 11.3 Å². The van der Waals surface area contributed by atoms with Gasteiger partial charge in [-0.15, -0.1) is 23.2 Å². The van der Waals surface area contributed by atoms with Crippen molar-refractivity contribution < 1.29 is 14.6 Å². The maximum absolute atomic E-state index is 10.8. The number of ether oxygens (including phenoxy) is 1. The van der Waals surface area contributed by atoms with E-state index in [-0.39, 0.29) is 6.42 Å². The summed E-state index contributed by atoms with van der Waals surface area (Å²) in [5.41, 5.74) is 7.25. The molecule has 0 amide bonds. The second-order valence-electron chi connectivity index (χ2n) is 4.51. The first-order chi connectivity index (χ1) is 10.0. The molecule has 0 spiro atoms. The molecule has 7 heteroatoms. The monoisotopic (exact) mass is 334 g/mol. The number of hydrogen-bond acceptors (Lipinski definition) is 4. The average molecular weight is 335 g/mol. The van der Waals surface area contributed by atoms with Crippen LogP contribution in [0, 0.1) is 0 Å². The van der Waals surface area contributed by atoms with E-state index in [1.54, 1.807) is 7.11 Å². The van der Waals surface area contributed by atoms with E-state index in [1.165, 1.54) is 0 Å². The van der Waals surface area contributed by atoms with Crippen molar-refractivity contribution in [2.45, 2.75) is 12.5 Å². The molecule has 0 aliphatic rings. The lowest BCUT2D eigenvalue weighted by molar-refractivity contribution is -0.138. The largest absolute Gasteiger partial charge is 0.496 e. The number of alkyl halides is 2. The third-order valence-corrected chi connectivity index (χ3v) is 3.44. The lowest BCUT2D eigenvalue weighted by atomic mass is 10.0.